The van der Waals surface area contributed by atoms with Gasteiger partial charge in [0.15, 0.2) is 0 Å². The lowest BCUT2D eigenvalue weighted by atomic mass is 10.2. The van der Waals surface area contributed by atoms with Crippen molar-refractivity contribution in [3.8, 4) is 0 Å². The molecule has 0 rings (SSSR count). The molecule has 3 N–H and O–H groups in total. The Labute approximate surface area is 190 Å². The monoisotopic (exact) mass is 437 g/mol. The van der Waals surface area contributed by atoms with Crippen LogP contribution < -0.4 is 10.6 Å². The SMILES string of the molecule is CCCCC/C=C/C(=O)NCCCN(CCCO)CCCNC(=O)/C=C/CCCCC. The first-order valence-corrected chi connectivity index (χ1v) is 12.4. The van der Waals surface area contributed by atoms with Crippen LogP contribution in [0.1, 0.15) is 84.5 Å². The topological polar surface area (TPSA) is 81.7 Å². The van der Waals surface area contributed by atoms with Gasteiger partial charge in [0.25, 0.3) is 0 Å². The molecule has 0 aliphatic carbocycles. The minimum absolute atomic E-state index is 0.0242. The van der Waals surface area contributed by atoms with E-state index in [9.17, 15) is 9.59 Å². The van der Waals surface area contributed by atoms with Crippen LogP contribution in [0.3, 0.4) is 0 Å². The number of rotatable bonds is 21. The van der Waals surface area contributed by atoms with Crippen LogP contribution in [0.15, 0.2) is 24.3 Å². The molecular weight excluding hydrogens is 390 g/mol. The van der Waals surface area contributed by atoms with Gasteiger partial charge in [0.1, 0.15) is 0 Å². The van der Waals surface area contributed by atoms with Crippen molar-refractivity contribution in [2.45, 2.75) is 84.5 Å². The molecule has 0 heterocycles. The van der Waals surface area contributed by atoms with E-state index in [4.69, 9.17) is 5.11 Å². The van der Waals surface area contributed by atoms with Crippen molar-refractivity contribution in [3.63, 3.8) is 0 Å². The van der Waals surface area contributed by atoms with E-state index < -0.39 is 0 Å². The quantitative estimate of drug-likeness (QED) is 0.188. The molecule has 0 fully saturated rings. The third-order valence-corrected chi connectivity index (χ3v) is 5.02. The van der Waals surface area contributed by atoms with Crippen molar-refractivity contribution in [3.05, 3.63) is 24.3 Å². The fourth-order valence-corrected chi connectivity index (χ4v) is 3.18. The Morgan fingerprint density at radius 2 is 1.16 bits per heavy atom. The number of nitrogens with one attached hydrogen (secondary N) is 2. The van der Waals surface area contributed by atoms with Crippen LogP contribution in [0, 0.1) is 0 Å². The van der Waals surface area contributed by atoms with Gasteiger partial charge < -0.3 is 20.6 Å². The molecule has 0 spiro atoms. The van der Waals surface area contributed by atoms with Crippen molar-refractivity contribution in [2.75, 3.05) is 39.3 Å². The minimum atomic E-state index is -0.0242. The highest BCUT2D eigenvalue weighted by Gasteiger charge is 2.05. The fourth-order valence-electron chi connectivity index (χ4n) is 3.18. The first-order chi connectivity index (χ1) is 15.1. The number of carbonyl (C=O) groups excluding carboxylic acids is 2. The molecule has 0 unspecified atom stereocenters. The molecule has 0 saturated heterocycles. The predicted octanol–water partition coefficient (Wildman–Crippen LogP) is 3.96. The number of aliphatic hydroxyl groups excluding tert-OH is 1. The Kier molecular flexibility index (Phi) is 21.8. The maximum absolute atomic E-state index is 11.8. The first-order valence-electron chi connectivity index (χ1n) is 12.4. The van der Waals surface area contributed by atoms with Crippen LogP contribution in [0.5, 0.6) is 0 Å². The molecule has 6 heteroatoms. The lowest BCUT2D eigenvalue weighted by Crippen LogP contribution is -2.33. The maximum atomic E-state index is 11.8. The van der Waals surface area contributed by atoms with E-state index in [1.165, 1.54) is 25.7 Å². The lowest BCUT2D eigenvalue weighted by molar-refractivity contribution is -0.117. The van der Waals surface area contributed by atoms with E-state index >= 15 is 0 Å². The average molecular weight is 438 g/mol. The summed E-state index contributed by atoms with van der Waals surface area (Å²) >= 11 is 0. The van der Waals surface area contributed by atoms with Gasteiger partial charge >= 0.3 is 0 Å². The minimum Gasteiger partial charge on any atom is -0.396 e. The van der Waals surface area contributed by atoms with Gasteiger partial charge in [0.05, 0.1) is 0 Å². The number of nitrogens with zero attached hydrogens (tertiary/aromatic N) is 1. The van der Waals surface area contributed by atoms with E-state index in [2.05, 4.69) is 29.4 Å². The van der Waals surface area contributed by atoms with Gasteiger partial charge in [0.2, 0.25) is 11.8 Å². The number of carbonyl (C=O) groups is 2. The normalized spacial score (nSPS) is 11.6. The molecule has 180 valence electrons. The van der Waals surface area contributed by atoms with Crippen molar-refractivity contribution in [1.82, 2.24) is 15.5 Å². The molecule has 0 aromatic carbocycles. The van der Waals surface area contributed by atoms with Crippen molar-refractivity contribution in [1.29, 1.82) is 0 Å². The third-order valence-electron chi connectivity index (χ3n) is 5.02. The van der Waals surface area contributed by atoms with Crippen molar-refractivity contribution in [2.24, 2.45) is 0 Å². The molecule has 31 heavy (non-hydrogen) atoms. The maximum Gasteiger partial charge on any atom is 0.243 e. The summed E-state index contributed by atoms with van der Waals surface area (Å²) in [4.78, 5) is 25.9. The Morgan fingerprint density at radius 1 is 0.710 bits per heavy atom. The summed E-state index contributed by atoms with van der Waals surface area (Å²) < 4.78 is 0. The standard InChI is InChI=1S/C25H47N3O3/c1-3-5-7-9-11-16-24(30)26-18-13-20-28(22-15-23-29)21-14-19-27-25(31)17-12-10-8-6-4-2/h11-12,16-17,29H,3-10,13-15,18-23H2,1-2H3,(H,26,30)(H,27,31)/b16-11+,17-12+. The van der Waals surface area contributed by atoms with Gasteiger partial charge in [-0.2, -0.15) is 0 Å². The number of unbranched alkanes of at least 4 members (excludes halogenated alkanes) is 6. The summed E-state index contributed by atoms with van der Waals surface area (Å²) in [5.41, 5.74) is 0. The molecular formula is C25H47N3O3. The molecule has 0 aliphatic rings. The second kappa shape index (κ2) is 23.0. The van der Waals surface area contributed by atoms with Crippen molar-refractivity contribution < 1.29 is 14.7 Å². The number of hydrogen-bond donors (Lipinski definition) is 3. The Bertz CT molecular complexity index is 452. The molecule has 0 aliphatic heterocycles. The van der Waals surface area contributed by atoms with Crippen LogP contribution in [-0.4, -0.2) is 61.2 Å². The molecule has 0 bridgehead atoms. The zero-order chi connectivity index (χ0) is 23.0. The van der Waals surface area contributed by atoms with Crippen LogP contribution in [0.25, 0.3) is 0 Å². The van der Waals surface area contributed by atoms with Gasteiger partial charge in [-0.05, 0) is 70.2 Å². The van der Waals surface area contributed by atoms with Crippen LogP contribution in [-0.2, 0) is 9.59 Å². The zero-order valence-corrected chi connectivity index (χ0v) is 20.0. The molecule has 0 aromatic heterocycles. The zero-order valence-electron chi connectivity index (χ0n) is 20.0. The predicted molar refractivity (Wildman–Crippen MR) is 130 cm³/mol. The van der Waals surface area contributed by atoms with Gasteiger partial charge in [-0.1, -0.05) is 51.7 Å². The second-order valence-corrected chi connectivity index (χ2v) is 8.00. The van der Waals surface area contributed by atoms with Gasteiger partial charge in [-0.15, -0.1) is 0 Å². The van der Waals surface area contributed by atoms with Gasteiger partial charge in [-0.3, -0.25) is 9.59 Å². The Hall–Kier alpha value is -1.66. The molecule has 0 saturated carbocycles. The summed E-state index contributed by atoms with van der Waals surface area (Å²) in [5.74, 6) is -0.0484. The third kappa shape index (κ3) is 21.4. The highest BCUT2D eigenvalue weighted by atomic mass is 16.3. The molecule has 0 atom stereocenters. The average Bonchev–Trinajstić information content (AvgIpc) is 2.76. The van der Waals surface area contributed by atoms with Crippen molar-refractivity contribution >= 4 is 11.8 Å². The molecule has 0 aromatic rings. The lowest BCUT2D eigenvalue weighted by Gasteiger charge is -2.22. The van der Waals surface area contributed by atoms with E-state index in [0.717, 1.165) is 64.6 Å². The van der Waals surface area contributed by atoms with Crippen LogP contribution >= 0.6 is 0 Å². The first kappa shape index (κ1) is 29.3. The summed E-state index contributed by atoms with van der Waals surface area (Å²) in [6, 6.07) is 0. The number of hydrogen-bond acceptors (Lipinski definition) is 4. The van der Waals surface area contributed by atoms with Crippen LogP contribution in [0.4, 0.5) is 0 Å². The van der Waals surface area contributed by atoms with E-state index in [0.29, 0.717) is 13.1 Å². The van der Waals surface area contributed by atoms with E-state index in [-0.39, 0.29) is 18.4 Å². The highest BCUT2D eigenvalue weighted by Crippen LogP contribution is 2.00. The summed E-state index contributed by atoms with van der Waals surface area (Å²) in [6.45, 7) is 8.37. The number of aliphatic hydroxyl groups is 1. The fraction of sp³-hybridized carbons (Fsp3) is 0.760. The Morgan fingerprint density at radius 3 is 1.58 bits per heavy atom. The number of amides is 2. The molecule has 0 radical (unpaired) electrons. The Balaban J connectivity index is 3.95. The van der Waals surface area contributed by atoms with Gasteiger partial charge in [0, 0.05) is 26.2 Å². The molecule has 6 nitrogen and oxygen atoms in total. The second-order valence-electron chi connectivity index (χ2n) is 8.00. The summed E-state index contributed by atoms with van der Waals surface area (Å²) in [5, 5.41) is 15.0. The van der Waals surface area contributed by atoms with Crippen LogP contribution in [0.2, 0.25) is 0 Å². The smallest absolute Gasteiger partial charge is 0.243 e. The van der Waals surface area contributed by atoms with E-state index in [1.54, 1.807) is 12.2 Å². The van der Waals surface area contributed by atoms with Gasteiger partial charge in [-0.25, -0.2) is 0 Å². The number of allylic oxidation sites excluding steroid dienone is 2. The highest BCUT2D eigenvalue weighted by molar-refractivity contribution is 5.87. The van der Waals surface area contributed by atoms with E-state index in [1.807, 2.05) is 12.2 Å². The largest absolute Gasteiger partial charge is 0.396 e. The summed E-state index contributed by atoms with van der Waals surface area (Å²) in [6.07, 6.45) is 18.6. The molecule has 2 amide bonds. The summed E-state index contributed by atoms with van der Waals surface area (Å²) in [7, 11) is 0.